The van der Waals surface area contributed by atoms with Gasteiger partial charge in [0.05, 0.1) is 25.6 Å². The highest BCUT2D eigenvalue weighted by molar-refractivity contribution is 6.40. The maximum Gasteiger partial charge on any atom is 0.273 e. The average Bonchev–Trinajstić information content (AvgIpc) is 2.30. The zero-order valence-corrected chi connectivity index (χ0v) is 10.9. The molecule has 0 radical (unpaired) electrons. The topological polar surface area (TPSA) is 47.4 Å². The third-order valence-electron chi connectivity index (χ3n) is 2.68. The van der Waals surface area contributed by atoms with E-state index < -0.39 is 0 Å². The number of rotatable bonds is 2. The van der Waals surface area contributed by atoms with Crippen molar-refractivity contribution in [2.45, 2.75) is 12.6 Å². The molecule has 94 valence electrons. The molecule has 0 aliphatic carbocycles. The van der Waals surface area contributed by atoms with Crippen LogP contribution in [0.15, 0.2) is 11.1 Å². The highest BCUT2D eigenvalue weighted by atomic mass is 35.5. The predicted molar refractivity (Wildman–Crippen MR) is 65.8 cm³/mol. The van der Waals surface area contributed by atoms with Crippen molar-refractivity contribution in [3.05, 3.63) is 26.9 Å². The third-order valence-corrected chi connectivity index (χ3v) is 3.41. The molecule has 0 saturated carbocycles. The first-order valence-electron chi connectivity index (χ1n) is 5.28. The van der Waals surface area contributed by atoms with Crippen LogP contribution in [0.2, 0.25) is 10.2 Å². The van der Waals surface area contributed by atoms with Crippen molar-refractivity contribution in [1.82, 2.24) is 14.5 Å². The average molecular weight is 278 g/mol. The Labute approximate surface area is 109 Å². The standard InChI is InChI=1S/C10H13Cl2N3O2/c1-14-2-3-17-7(4-14)5-15-6-13-9(12)8(11)10(15)16/h6-7H,2-5H2,1H3. The van der Waals surface area contributed by atoms with Crippen LogP contribution in [0.1, 0.15) is 0 Å². The van der Waals surface area contributed by atoms with Gasteiger partial charge in [-0.05, 0) is 7.05 Å². The van der Waals surface area contributed by atoms with Crippen molar-refractivity contribution < 1.29 is 4.74 Å². The van der Waals surface area contributed by atoms with Crippen molar-refractivity contribution in [3.8, 4) is 0 Å². The minimum atomic E-state index is -0.330. The van der Waals surface area contributed by atoms with E-state index in [9.17, 15) is 4.79 Å². The summed E-state index contributed by atoms with van der Waals surface area (Å²) >= 11 is 11.4. The Morgan fingerprint density at radius 1 is 1.59 bits per heavy atom. The summed E-state index contributed by atoms with van der Waals surface area (Å²) in [5, 5.41) is -0.00655. The first-order valence-corrected chi connectivity index (χ1v) is 6.04. The molecule has 1 unspecified atom stereocenters. The Morgan fingerprint density at radius 3 is 3.06 bits per heavy atom. The molecule has 0 spiro atoms. The summed E-state index contributed by atoms with van der Waals surface area (Å²) < 4.78 is 7.00. The molecule has 1 aromatic rings. The Hall–Kier alpha value is -0.620. The maximum absolute atomic E-state index is 11.8. The molecule has 2 rings (SSSR count). The van der Waals surface area contributed by atoms with E-state index in [1.165, 1.54) is 10.9 Å². The Balaban J connectivity index is 2.13. The summed E-state index contributed by atoms with van der Waals surface area (Å²) in [6.07, 6.45) is 1.37. The molecule has 7 heteroatoms. The molecule has 0 amide bonds. The van der Waals surface area contributed by atoms with Gasteiger partial charge in [0.15, 0.2) is 5.15 Å². The molecule has 17 heavy (non-hydrogen) atoms. The van der Waals surface area contributed by atoms with Crippen LogP contribution >= 0.6 is 23.2 Å². The van der Waals surface area contributed by atoms with Crippen LogP contribution < -0.4 is 5.56 Å². The van der Waals surface area contributed by atoms with Crippen molar-refractivity contribution in [3.63, 3.8) is 0 Å². The largest absolute Gasteiger partial charge is 0.374 e. The number of aromatic nitrogens is 2. The monoisotopic (exact) mass is 277 g/mol. The number of ether oxygens (including phenoxy) is 1. The van der Waals surface area contributed by atoms with Gasteiger partial charge >= 0.3 is 0 Å². The van der Waals surface area contributed by atoms with E-state index in [1.54, 1.807) is 0 Å². The Bertz CT molecular complexity index is 463. The Kier molecular flexibility index (Phi) is 4.04. The van der Waals surface area contributed by atoms with E-state index in [0.29, 0.717) is 13.2 Å². The lowest BCUT2D eigenvalue weighted by atomic mass is 10.3. The number of hydrogen-bond acceptors (Lipinski definition) is 4. The fourth-order valence-electron chi connectivity index (χ4n) is 1.77. The summed E-state index contributed by atoms with van der Waals surface area (Å²) in [6.45, 7) is 2.80. The molecule has 1 atom stereocenters. The van der Waals surface area contributed by atoms with Crippen LogP contribution in [0.3, 0.4) is 0 Å². The van der Waals surface area contributed by atoms with E-state index in [1.807, 2.05) is 7.05 Å². The van der Waals surface area contributed by atoms with E-state index in [4.69, 9.17) is 27.9 Å². The minimum Gasteiger partial charge on any atom is -0.374 e. The number of halogens is 2. The molecule has 1 aliphatic heterocycles. The molecule has 2 heterocycles. The summed E-state index contributed by atoms with van der Waals surface area (Å²) in [7, 11) is 2.02. The first-order chi connectivity index (χ1) is 8.08. The van der Waals surface area contributed by atoms with E-state index in [0.717, 1.165) is 13.1 Å². The molecular weight excluding hydrogens is 265 g/mol. The lowest BCUT2D eigenvalue weighted by molar-refractivity contribution is -0.0280. The SMILES string of the molecule is CN1CCOC(Cn2cnc(Cl)c(Cl)c2=O)C1. The van der Waals surface area contributed by atoms with Gasteiger partial charge in [-0.2, -0.15) is 0 Å². The zero-order valence-electron chi connectivity index (χ0n) is 9.40. The van der Waals surface area contributed by atoms with Crippen LogP contribution in [-0.4, -0.2) is 47.3 Å². The molecule has 1 aromatic heterocycles. The quantitative estimate of drug-likeness (QED) is 0.753. The van der Waals surface area contributed by atoms with Gasteiger partial charge in [-0.25, -0.2) is 4.98 Å². The molecule has 0 aromatic carbocycles. The number of hydrogen-bond donors (Lipinski definition) is 0. The first kappa shape index (κ1) is 12.8. The van der Waals surface area contributed by atoms with Gasteiger partial charge in [0.25, 0.3) is 5.56 Å². The van der Waals surface area contributed by atoms with E-state index >= 15 is 0 Å². The second-order valence-electron chi connectivity index (χ2n) is 4.06. The summed E-state index contributed by atoms with van der Waals surface area (Å²) in [5.74, 6) is 0. The molecule has 1 fully saturated rings. The lowest BCUT2D eigenvalue weighted by Gasteiger charge is -2.30. The second-order valence-corrected chi connectivity index (χ2v) is 4.80. The van der Waals surface area contributed by atoms with Crippen molar-refractivity contribution in [2.75, 3.05) is 26.7 Å². The minimum absolute atomic E-state index is 0.0227. The number of morpholine rings is 1. The summed E-state index contributed by atoms with van der Waals surface area (Å²) in [4.78, 5) is 17.8. The van der Waals surface area contributed by atoms with Crippen molar-refractivity contribution in [1.29, 1.82) is 0 Å². The van der Waals surface area contributed by atoms with Gasteiger partial charge in [-0.15, -0.1) is 0 Å². The van der Waals surface area contributed by atoms with Crippen LogP contribution in [0.4, 0.5) is 0 Å². The molecule has 5 nitrogen and oxygen atoms in total. The van der Waals surface area contributed by atoms with Crippen molar-refractivity contribution in [2.24, 2.45) is 0 Å². The number of nitrogens with zero attached hydrogens (tertiary/aromatic N) is 3. The van der Waals surface area contributed by atoms with Gasteiger partial charge in [0.1, 0.15) is 5.02 Å². The van der Waals surface area contributed by atoms with Gasteiger partial charge < -0.3 is 9.64 Å². The van der Waals surface area contributed by atoms with E-state index in [-0.39, 0.29) is 21.8 Å². The molecule has 1 aliphatic rings. The summed E-state index contributed by atoms with van der Waals surface area (Å²) in [5.41, 5.74) is -0.330. The molecule has 0 bridgehead atoms. The highest BCUT2D eigenvalue weighted by Crippen LogP contribution is 2.13. The normalized spacial score (nSPS) is 21.7. The third kappa shape index (κ3) is 2.98. The molecule has 1 saturated heterocycles. The van der Waals surface area contributed by atoms with Gasteiger partial charge in [-0.3, -0.25) is 9.36 Å². The van der Waals surface area contributed by atoms with Gasteiger partial charge in [0.2, 0.25) is 0 Å². The van der Waals surface area contributed by atoms with Gasteiger partial charge in [-0.1, -0.05) is 23.2 Å². The van der Waals surface area contributed by atoms with Crippen LogP contribution in [0, 0.1) is 0 Å². The van der Waals surface area contributed by atoms with Crippen LogP contribution in [0.25, 0.3) is 0 Å². The van der Waals surface area contributed by atoms with Gasteiger partial charge in [0, 0.05) is 13.1 Å². The smallest absolute Gasteiger partial charge is 0.273 e. The Morgan fingerprint density at radius 2 is 2.35 bits per heavy atom. The second kappa shape index (κ2) is 5.35. The highest BCUT2D eigenvalue weighted by Gasteiger charge is 2.19. The number of likely N-dealkylation sites (N-methyl/N-ethyl adjacent to an activating group) is 1. The molecule has 0 N–H and O–H groups in total. The van der Waals surface area contributed by atoms with E-state index in [2.05, 4.69) is 9.88 Å². The lowest BCUT2D eigenvalue weighted by Crippen LogP contribution is -2.43. The molecular formula is C10H13Cl2N3O2. The van der Waals surface area contributed by atoms with Crippen LogP contribution in [-0.2, 0) is 11.3 Å². The van der Waals surface area contributed by atoms with Crippen molar-refractivity contribution >= 4 is 23.2 Å². The van der Waals surface area contributed by atoms with Crippen LogP contribution in [0.5, 0.6) is 0 Å². The fourth-order valence-corrected chi connectivity index (χ4v) is 2.05. The fraction of sp³-hybridized carbons (Fsp3) is 0.600. The predicted octanol–water partition coefficient (Wildman–Crippen LogP) is 0.881. The zero-order chi connectivity index (χ0) is 12.4. The maximum atomic E-state index is 11.8. The summed E-state index contributed by atoms with van der Waals surface area (Å²) in [6, 6.07) is 0.